The third kappa shape index (κ3) is 3.93. The number of nitrogens with two attached hydrogens (primary N) is 1. The van der Waals surface area contributed by atoms with E-state index in [0.717, 1.165) is 58.5 Å². The van der Waals surface area contributed by atoms with Crippen molar-refractivity contribution >= 4 is 5.91 Å². The average Bonchev–Trinajstić information content (AvgIpc) is 2.47. The number of rotatable bonds is 4. The first kappa shape index (κ1) is 15.7. The number of hydrogen-bond acceptors (Lipinski definition) is 4. The second-order valence-corrected chi connectivity index (χ2v) is 6.13. The molecule has 0 radical (unpaired) electrons. The fraction of sp³-hybridized carbons (Fsp3) is 0.933. The fourth-order valence-corrected chi connectivity index (χ4v) is 3.30. The van der Waals surface area contributed by atoms with E-state index in [-0.39, 0.29) is 11.9 Å². The average molecular weight is 283 g/mol. The molecule has 0 aromatic heterocycles. The standard InChI is InChI=1S/C15H29N3O2/c1-3-4-14(16)15(19)17-7-5-13(6-8-17)18-9-10-20-12(2)11-18/h12-14H,3-11,16H2,1-2H3. The molecule has 2 heterocycles. The van der Waals surface area contributed by atoms with Crippen LogP contribution in [-0.2, 0) is 9.53 Å². The van der Waals surface area contributed by atoms with E-state index >= 15 is 0 Å². The van der Waals surface area contributed by atoms with Gasteiger partial charge in [-0.15, -0.1) is 0 Å². The molecule has 2 N–H and O–H groups in total. The number of piperidine rings is 1. The van der Waals surface area contributed by atoms with Crippen LogP contribution in [0.1, 0.15) is 39.5 Å². The van der Waals surface area contributed by atoms with Crippen molar-refractivity contribution in [3.63, 3.8) is 0 Å². The predicted octanol–water partition coefficient (Wildman–Crippen LogP) is 0.826. The molecule has 5 nitrogen and oxygen atoms in total. The lowest BCUT2D eigenvalue weighted by atomic mass is 10.0. The minimum atomic E-state index is -0.306. The summed E-state index contributed by atoms with van der Waals surface area (Å²) in [6.45, 7) is 8.79. The van der Waals surface area contributed by atoms with Crippen molar-refractivity contribution in [3.05, 3.63) is 0 Å². The van der Waals surface area contributed by atoms with Gasteiger partial charge in [-0.05, 0) is 26.2 Å². The number of hydrogen-bond donors (Lipinski definition) is 1. The van der Waals surface area contributed by atoms with Crippen molar-refractivity contribution in [1.82, 2.24) is 9.80 Å². The summed E-state index contributed by atoms with van der Waals surface area (Å²) in [6, 6.07) is 0.299. The van der Waals surface area contributed by atoms with E-state index in [1.165, 1.54) is 0 Å². The summed E-state index contributed by atoms with van der Waals surface area (Å²) < 4.78 is 5.59. The molecule has 0 bridgehead atoms. The number of carbonyl (C=O) groups excluding carboxylic acids is 1. The van der Waals surface area contributed by atoms with E-state index < -0.39 is 0 Å². The minimum absolute atomic E-state index is 0.139. The molecule has 2 fully saturated rings. The first-order valence-corrected chi connectivity index (χ1v) is 8.01. The van der Waals surface area contributed by atoms with Crippen molar-refractivity contribution in [2.45, 2.75) is 57.7 Å². The number of nitrogens with zero attached hydrogens (tertiary/aromatic N) is 2. The zero-order chi connectivity index (χ0) is 14.5. The number of ether oxygens (including phenoxy) is 1. The van der Waals surface area contributed by atoms with Gasteiger partial charge in [0, 0.05) is 32.2 Å². The summed E-state index contributed by atoms with van der Waals surface area (Å²) in [5.74, 6) is 0.139. The lowest BCUT2D eigenvalue weighted by Crippen LogP contribution is -2.53. The van der Waals surface area contributed by atoms with Gasteiger partial charge in [-0.3, -0.25) is 9.69 Å². The molecule has 20 heavy (non-hydrogen) atoms. The third-order valence-electron chi connectivity index (χ3n) is 4.48. The van der Waals surface area contributed by atoms with Gasteiger partial charge in [-0.2, -0.15) is 0 Å². The highest BCUT2D eigenvalue weighted by atomic mass is 16.5. The Morgan fingerprint density at radius 2 is 2.05 bits per heavy atom. The number of carbonyl (C=O) groups is 1. The van der Waals surface area contributed by atoms with Crippen LogP contribution in [0.3, 0.4) is 0 Å². The SMILES string of the molecule is CCCC(N)C(=O)N1CCC(N2CCOC(C)C2)CC1. The molecule has 2 rings (SSSR count). The molecule has 0 spiro atoms. The summed E-state index contributed by atoms with van der Waals surface area (Å²) in [7, 11) is 0. The van der Waals surface area contributed by atoms with Gasteiger partial charge in [-0.1, -0.05) is 13.3 Å². The topological polar surface area (TPSA) is 58.8 Å². The summed E-state index contributed by atoms with van der Waals surface area (Å²) in [5, 5.41) is 0. The van der Waals surface area contributed by atoms with Crippen molar-refractivity contribution in [2.24, 2.45) is 5.73 Å². The second kappa shape index (κ2) is 7.38. The molecule has 2 atom stereocenters. The molecule has 1 amide bonds. The van der Waals surface area contributed by atoms with Crippen LogP contribution in [0.25, 0.3) is 0 Å². The quantitative estimate of drug-likeness (QED) is 0.830. The number of amides is 1. The monoisotopic (exact) mass is 283 g/mol. The van der Waals surface area contributed by atoms with Crippen LogP contribution in [0.15, 0.2) is 0 Å². The van der Waals surface area contributed by atoms with Gasteiger partial charge in [0.1, 0.15) is 0 Å². The molecule has 2 aliphatic rings. The van der Waals surface area contributed by atoms with Crippen LogP contribution in [0, 0.1) is 0 Å². The second-order valence-electron chi connectivity index (χ2n) is 6.13. The predicted molar refractivity (Wildman–Crippen MR) is 79.5 cm³/mol. The highest BCUT2D eigenvalue weighted by Crippen LogP contribution is 2.20. The molecule has 0 aromatic carbocycles. The van der Waals surface area contributed by atoms with Gasteiger partial charge >= 0.3 is 0 Å². The van der Waals surface area contributed by atoms with Crippen LogP contribution < -0.4 is 5.73 Å². The molecular formula is C15H29N3O2. The highest BCUT2D eigenvalue weighted by molar-refractivity contribution is 5.81. The maximum atomic E-state index is 12.2. The van der Waals surface area contributed by atoms with Crippen LogP contribution in [0.2, 0.25) is 0 Å². The van der Waals surface area contributed by atoms with Crippen LogP contribution in [0.4, 0.5) is 0 Å². The lowest BCUT2D eigenvalue weighted by molar-refractivity contribution is -0.134. The molecule has 0 aromatic rings. The van der Waals surface area contributed by atoms with E-state index in [2.05, 4.69) is 18.7 Å². The summed E-state index contributed by atoms with van der Waals surface area (Å²) in [5.41, 5.74) is 5.94. The molecule has 0 saturated carbocycles. The third-order valence-corrected chi connectivity index (χ3v) is 4.48. The van der Waals surface area contributed by atoms with Crippen LogP contribution >= 0.6 is 0 Å². The fourth-order valence-electron chi connectivity index (χ4n) is 3.30. The van der Waals surface area contributed by atoms with Gasteiger partial charge in [0.25, 0.3) is 0 Å². The Balaban J connectivity index is 1.78. The van der Waals surface area contributed by atoms with E-state index in [0.29, 0.717) is 12.1 Å². The molecule has 2 saturated heterocycles. The summed E-state index contributed by atoms with van der Waals surface area (Å²) in [4.78, 5) is 16.7. The van der Waals surface area contributed by atoms with Gasteiger partial charge in [-0.25, -0.2) is 0 Å². The first-order valence-electron chi connectivity index (χ1n) is 8.01. The summed E-state index contributed by atoms with van der Waals surface area (Å²) in [6.07, 6.45) is 4.23. The van der Waals surface area contributed by atoms with E-state index in [1.54, 1.807) is 0 Å². The number of likely N-dealkylation sites (tertiary alicyclic amines) is 1. The Hall–Kier alpha value is -0.650. The van der Waals surface area contributed by atoms with Gasteiger partial charge in [0.15, 0.2) is 0 Å². The van der Waals surface area contributed by atoms with Crippen molar-refractivity contribution < 1.29 is 9.53 Å². The molecule has 2 aliphatic heterocycles. The Bertz CT molecular complexity index is 316. The molecule has 5 heteroatoms. The Morgan fingerprint density at radius 1 is 1.35 bits per heavy atom. The van der Waals surface area contributed by atoms with Crippen molar-refractivity contribution in [1.29, 1.82) is 0 Å². The minimum Gasteiger partial charge on any atom is -0.376 e. The molecular weight excluding hydrogens is 254 g/mol. The summed E-state index contributed by atoms with van der Waals surface area (Å²) >= 11 is 0. The molecule has 116 valence electrons. The molecule has 0 aliphatic carbocycles. The maximum absolute atomic E-state index is 12.2. The first-order chi connectivity index (χ1) is 9.61. The Kier molecular flexibility index (Phi) is 5.81. The smallest absolute Gasteiger partial charge is 0.239 e. The van der Waals surface area contributed by atoms with Gasteiger partial charge in [0.2, 0.25) is 5.91 Å². The zero-order valence-electron chi connectivity index (χ0n) is 12.9. The van der Waals surface area contributed by atoms with E-state index in [4.69, 9.17) is 10.5 Å². The van der Waals surface area contributed by atoms with E-state index in [9.17, 15) is 4.79 Å². The molecule has 2 unspecified atom stereocenters. The largest absolute Gasteiger partial charge is 0.376 e. The maximum Gasteiger partial charge on any atom is 0.239 e. The zero-order valence-corrected chi connectivity index (χ0v) is 12.9. The van der Waals surface area contributed by atoms with E-state index in [1.807, 2.05) is 4.90 Å². The lowest BCUT2D eigenvalue weighted by Gasteiger charge is -2.42. The van der Waals surface area contributed by atoms with Crippen molar-refractivity contribution in [3.8, 4) is 0 Å². The Morgan fingerprint density at radius 3 is 2.65 bits per heavy atom. The Labute approximate surface area is 122 Å². The van der Waals surface area contributed by atoms with Crippen LogP contribution in [0.5, 0.6) is 0 Å². The van der Waals surface area contributed by atoms with Gasteiger partial charge in [0.05, 0.1) is 18.8 Å². The highest BCUT2D eigenvalue weighted by Gasteiger charge is 2.30. The van der Waals surface area contributed by atoms with Crippen molar-refractivity contribution in [2.75, 3.05) is 32.8 Å². The number of morpholine rings is 1. The normalized spacial score (nSPS) is 27.6. The van der Waals surface area contributed by atoms with Crippen LogP contribution in [-0.4, -0.2) is 66.7 Å². The van der Waals surface area contributed by atoms with Gasteiger partial charge < -0.3 is 15.4 Å².